The minimum absolute atomic E-state index is 0.120. The first kappa shape index (κ1) is 20.1. The van der Waals surface area contributed by atoms with Gasteiger partial charge < -0.3 is 15.4 Å². The van der Waals surface area contributed by atoms with Gasteiger partial charge in [-0.3, -0.25) is 14.5 Å². The largest absolute Gasteiger partial charge is 0.481 e. The molecule has 152 valence electrons. The van der Waals surface area contributed by atoms with Gasteiger partial charge >= 0.3 is 12.1 Å². The van der Waals surface area contributed by atoms with E-state index in [1.807, 2.05) is 4.90 Å². The predicted molar refractivity (Wildman–Crippen MR) is 95.8 cm³/mol. The average Bonchev–Trinajstić information content (AvgIpc) is 3.04. The van der Waals surface area contributed by atoms with E-state index in [-0.39, 0.29) is 35.8 Å². The summed E-state index contributed by atoms with van der Waals surface area (Å²) in [5.74, 6) is -1.92. The molecule has 10 heteroatoms. The Balaban J connectivity index is 1.57. The maximum absolute atomic E-state index is 12.7. The molecule has 1 fully saturated rings. The number of piperidine rings is 1. The second-order valence-electron chi connectivity index (χ2n) is 7.04. The van der Waals surface area contributed by atoms with E-state index in [0.717, 1.165) is 19.4 Å². The number of anilines is 1. The van der Waals surface area contributed by atoms with Crippen molar-refractivity contribution in [2.45, 2.75) is 31.9 Å². The zero-order valence-electron chi connectivity index (χ0n) is 15.1. The Labute approximate surface area is 158 Å². The van der Waals surface area contributed by atoms with Crippen molar-refractivity contribution in [2.75, 3.05) is 25.0 Å². The van der Waals surface area contributed by atoms with Crippen LogP contribution in [0.3, 0.4) is 0 Å². The van der Waals surface area contributed by atoms with Crippen LogP contribution in [0.25, 0.3) is 11.0 Å². The Morgan fingerprint density at radius 3 is 2.86 bits per heavy atom. The van der Waals surface area contributed by atoms with Crippen LogP contribution in [0, 0.1) is 5.92 Å². The second kappa shape index (κ2) is 8.17. The number of hydrogen-bond acceptors (Lipinski definition) is 4. The Morgan fingerprint density at radius 2 is 2.14 bits per heavy atom. The zero-order valence-corrected chi connectivity index (χ0v) is 15.1. The van der Waals surface area contributed by atoms with Crippen molar-refractivity contribution in [3.63, 3.8) is 0 Å². The molecule has 2 aromatic rings. The Morgan fingerprint density at radius 1 is 1.36 bits per heavy atom. The lowest BCUT2D eigenvalue weighted by Gasteiger charge is -2.32. The Kier molecular flexibility index (Phi) is 5.87. The van der Waals surface area contributed by atoms with Gasteiger partial charge in [-0.25, -0.2) is 4.98 Å². The van der Waals surface area contributed by atoms with Crippen LogP contribution in [-0.4, -0.2) is 51.5 Å². The number of hydrogen-bond donors (Lipinski definition) is 3. The highest BCUT2D eigenvalue weighted by Crippen LogP contribution is 2.29. The summed E-state index contributed by atoms with van der Waals surface area (Å²) < 4.78 is 38.2. The van der Waals surface area contributed by atoms with Gasteiger partial charge in [0.25, 0.3) is 0 Å². The molecule has 3 N–H and O–H groups in total. The lowest BCUT2D eigenvalue weighted by atomic mass is 9.93. The number of nitrogens with one attached hydrogen (secondary N) is 2. The van der Waals surface area contributed by atoms with Crippen molar-refractivity contribution in [3.8, 4) is 0 Å². The first-order valence-electron chi connectivity index (χ1n) is 9.01. The number of H-pyrrole nitrogens is 1. The Hall–Kier alpha value is -2.62. The standard InChI is InChI=1S/C18H21F3N4O3/c19-18(20,21)17-23-13-5-4-12(8-14(13)24-17)22-15(26)10-25-7-1-2-11(9-25)3-6-16(27)28/h4-5,8,11H,1-3,6-7,9-10H2,(H,22,26)(H,23,24)(H,27,28). The SMILES string of the molecule is O=C(O)CCC1CCCN(CC(=O)Nc2ccc3nc(C(F)(F)F)[nH]c3c2)C1. The van der Waals surface area contributed by atoms with Crippen LogP contribution < -0.4 is 5.32 Å². The molecule has 7 nitrogen and oxygen atoms in total. The number of aliphatic carboxylic acids is 1. The van der Waals surface area contributed by atoms with Crippen molar-refractivity contribution in [1.29, 1.82) is 0 Å². The minimum Gasteiger partial charge on any atom is -0.481 e. The molecule has 0 radical (unpaired) electrons. The van der Waals surface area contributed by atoms with Crippen LogP contribution in [0.15, 0.2) is 18.2 Å². The van der Waals surface area contributed by atoms with Crippen molar-refractivity contribution >= 4 is 28.6 Å². The number of benzene rings is 1. The molecular formula is C18H21F3N4O3. The van der Waals surface area contributed by atoms with Gasteiger partial charge in [-0.15, -0.1) is 0 Å². The number of amides is 1. The summed E-state index contributed by atoms with van der Waals surface area (Å²) in [6.45, 7) is 1.57. The topological polar surface area (TPSA) is 98.3 Å². The van der Waals surface area contributed by atoms with Crippen molar-refractivity contribution in [3.05, 3.63) is 24.0 Å². The number of carbonyl (C=O) groups excluding carboxylic acids is 1. The molecule has 1 unspecified atom stereocenters. The quantitative estimate of drug-likeness (QED) is 0.695. The van der Waals surface area contributed by atoms with E-state index in [1.165, 1.54) is 18.2 Å². The van der Waals surface area contributed by atoms with Crippen LogP contribution in [0.4, 0.5) is 18.9 Å². The third kappa shape index (κ3) is 5.22. The van der Waals surface area contributed by atoms with Gasteiger partial charge in [-0.1, -0.05) is 0 Å². The van der Waals surface area contributed by atoms with Gasteiger partial charge in [-0.05, 0) is 49.9 Å². The summed E-state index contributed by atoms with van der Waals surface area (Å²) in [5.41, 5.74) is 0.744. The number of carboxylic acid groups (broad SMARTS) is 1. The van der Waals surface area contributed by atoms with Crippen molar-refractivity contribution in [1.82, 2.24) is 14.9 Å². The number of fused-ring (bicyclic) bond motifs is 1. The average molecular weight is 398 g/mol. The fourth-order valence-electron chi connectivity index (χ4n) is 3.48. The van der Waals surface area contributed by atoms with E-state index in [4.69, 9.17) is 5.11 Å². The molecular weight excluding hydrogens is 377 g/mol. The molecule has 2 heterocycles. The molecule has 1 aromatic carbocycles. The molecule has 1 aliphatic rings. The molecule has 0 aliphatic carbocycles. The number of imidazole rings is 1. The van der Waals surface area contributed by atoms with E-state index in [0.29, 0.717) is 18.7 Å². The number of aromatic nitrogens is 2. The number of aromatic amines is 1. The van der Waals surface area contributed by atoms with Crippen LogP contribution >= 0.6 is 0 Å². The van der Waals surface area contributed by atoms with Gasteiger partial charge in [0.1, 0.15) is 0 Å². The fourth-order valence-corrected chi connectivity index (χ4v) is 3.48. The van der Waals surface area contributed by atoms with E-state index in [9.17, 15) is 22.8 Å². The van der Waals surface area contributed by atoms with Gasteiger partial charge in [0.05, 0.1) is 17.6 Å². The first-order chi connectivity index (χ1) is 13.2. The van der Waals surface area contributed by atoms with Gasteiger partial charge in [0.15, 0.2) is 0 Å². The summed E-state index contributed by atoms with van der Waals surface area (Å²) >= 11 is 0. The summed E-state index contributed by atoms with van der Waals surface area (Å²) in [7, 11) is 0. The number of carbonyl (C=O) groups is 2. The van der Waals surface area contributed by atoms with E-state index < -0.39 is 18.0 Å². The first-order valence-corrected chi connectivity index (χ1v) is 9.01. The molecule has 1 atom stereocenters. The minimum atomic E-state index is -4.56. The molecule has 0 spiro atoms. The number of rotatable bonds is 6. The zero-order chi connectivity index (χ0) is 20.3. The summed E-state index contributed by atoms with van der Waals surface area (Å²) in [4.78, 5) is 30.7. The van der Waals surface area contributed by atoms with Crippen LogP contribution in [-0.2, 0) is 15.8 Å². The Bertz CT molecular complexity index is 865. The molecule has 0 bridgehead atoms. The lowest BCUT2D eigenvalue weighted by Crippen LogP contribution is -2.40. The smallest absolute Gasteiger partial charge is 0.449 e. The number of nitrogens with zero attached hydrogens (tertiary/aromatic N) is 2. The third-order valence-corrected chi connectivity index (χ3v) is 4.77. The molecule has 3 rings (SSSR count). The van der Waals surface area contributed by atoms with Crippen molar-refractivity contribution in [2.24, 2.45) is 5.92 Å². The number of alkyl halides is 3. The maximum atomic E-state index is 12.7. The molecule has 1 amide bonds. The van der Waals surface area contributed by atoms with Crippen LogP contribution in [0.2, 0.25) is 0 Å². The molecule has 1 aromatic heterocycles. The van der Waals surface area contributed by atoms with E-state index in [2.05, 4.69) is 15.3 Å². The highest BCUT2D eigenvalue weighted by molar-refractivity contribution is 5.94. The molecule has 1 aliphatic heterocycles. The highest BCUT2D eigenvalue weighted by Gasteiger charge is 2.34. The van der Waals surface area contributed by atoms with Crippen LogP contribution in [0.5, 0.6) is 0 Å². The number of halogens is 3. The molecule has 1 saturated heterocycles. The second-order valence-corrected chi connectivity index (χ2v) is 7.04. The molecule has 28 heavy (non-hydrogen) atoms. The molecule has 0 saturated carbocycles. The van der Waals surface area contributed by atoms with Crippen molar-refractivity contribution < 1.29 is 27.9 Å². The van der Waals surface area contributed by atoms with Gasteiger partial charge in [0.2, 0.25) is 11.7 Å². The lowest BCUT2D eigenvalue weighted by molar-refractivity contribution is -0.144. The summed E-state index contributed by atoms with van der Waals surface area (Å²) in [6.07, 6.45) is -2.00. The predicted octanol–water partition coefficient (Wildman–Crippen LogP) is 3.10. The van der Waals surface area contributed by atoms with E-state index in [1.54, 1.807) is 0 Å². The third-order valence-electron chi connectivity index (χ3n) is 4.77. The monoisotopic (exact) mass is 398 g/mol. The van der Waals surface area contributed by atoms with Gasteiger partial charge in [0, 0.05) is 18.7 Å². The number of carboxylic acids is 1. The summed E-state index contributed by atoms with van der Waals surface area (Å²) in [6, 6.07) is 4.34. The normalized spacial score (nSPS) is 18.3. The number of likely N-dealkylation sites (tertiary alicyclic amines) is 1. The summed E-state index contributed by atoms with van der Waals surface area (Å²) in [5, 5.41) is 11.5. The van der Waals surface area contributed by atoms with E-state index >= 15 is 0 Å². The van der Waals surface area contributed by atoms with Gasteiger partial charge in [-0.2, -0.15) is 13.2 Å². The fraction of sp³-hybridized carbons (Fsp3) is 0.500. The maximum Gasteiger partial charge on any atom is 0.449 e. The highest BCUT2D eigenvalue weighted by atomic mass is 19.4. The van der Waals surface area contributed by atoms with Crippen LogP contribution in [0.1, 0.15) is 31.5 Å².